The lowest BCUT2D eigenvalue weighted by molar-refractivity contribution is 0.101. The maximum Gasteiger partial charge on any atom is 0.315 e. The van der Waals surface area contributed by atoms with Gasteiger partial charge < -0.3 is 24.9 Å². The number of urea groups is 1. The van der Waals surface area contributed by atoms with E-state index in [9.17, 15) is 9.90 Å². The molecule has 1 aromatic heterocycles. The number of aryl methyl sites for hydroxylation is 1. The third kappa shape index (κ3) is 5.03. The number of furan rings is 1. The van der Waals surface area contributed by atoms with E-state index >= 15 is 0 Å². The van der Waals surface area contributed by atoms with Gasteiger partial charge in [0.05, 0.1) is 12.7 Å². The van der Waals surface area contributed by atoms with Crippen LogP contribution in [0.4, 0.5) is 4.79 Å². The van der Waals surface area contributed by atoms with Gasteiger partial charge in [0, 0.05) is 13.7 Å². The fraction of sp³-hybridized carbons (Fsp3) is 0.688. The molecule has 0 spiro atoms. The molecule has 0 bridgehead atoms. The summed E-state index contributed by atoms with van der Waals surface area (Å²) < 4.78 is 10.7. The number of carbonyl (C=O) groups excluding carboxylic acids is 1. The topological polar surface area (TPSA) is 83.7 Å². The minimum Gasteiger partial charge on any atom is -0.464 e. The van der Waals surface area contributed by atoms with E-state index in [2.05, 4.69) is 10.6 Å². The molecule has 2 rings (SSSR count). The van der Waals surface area contributed by atoms with Crippen molar-refractivity contribution < 1.29 is 19.1 Å². The van der Waals surface area contributed by atoms with Crippen molar-refractivity contribution in [3.8, 4) is 0 Å². The highest BCUT2D eigenvalue weighted by molar-refractivity contribution is 5.74. The molecule has 0 aromatic carbocycles. The van der Waals surface area contributed by atoms with E-state index in [0.717, 1.165) is 31.4 Å². The molecule has 1 fully saturated rings. The molecule has 3 atom stereocenters. The Kier molecular flexibility index (Phi) is 6.27. The van der Waals surface area contributed by atoms with E-state index in [1.807, 2.05) is 19.1 Å². The van der Waals surface area contributed by atoms with Crippen LogP contribution in [0.15, 0.2) is 16.5 Å². The highest BCUT2D eigenvalue weighted by atomic mass is 16.5. The summed E-state index contributed by atoms with van der Waals surface area (Å²) in [5.41, 5.74) is 0. The number of hydrogen-bond acceptors (Lipinski definition) is 4. The predicted molar refractivity (Wildman–Crippen MR) is 82.6 cm³/mol. The number of aliphatic hydroxyl groups is 1. The Morgan fingerprint density at radius 1 is 1.50 bits per heavy atom. The first-order valence-corrected chi connectivity index (χ1v) is 7.86. The predicted octanol–water partition coefficient (Wildman–Crippen LogP) is 2.13. The summed E-state index contributed by atoms with van der Waals surface area (Å²) in [7, 11) is 1.59. The second-order valence-electron chi connectivity index (χ2n) is 6.00. The van der Waals surface area contributed by atoms with Crippen molar-refractivity contribution in [2.24, 2.45) is 5.92 Å². The first-order chi connectivity index (χ1) is 10.6. The van der Waals surface area contributed by atoms with Crippen LogP contribution < -0.4 is 10.6 Å². The van der Waals surface area contributed by atoms with Crippen molar-refractivity contribution in [1.82, 2.24) is 10.6 Å². The second-order valence-corrected chi connectivity index (χ2v) is 6.00. The van der Waals surface area contributed by atoms with Crippen molar-refractivity contribution >= 4 is 6.03 Å². The molecule has 6 nitrogen and oxygen atoms in total. The number of carbonyl (C=O) groups is 1. The summed E-state index contributed by atoms with van der Waals surface area (Å²) in [6.07, 6.45) is 3.48. The molecule has 3 N–H and O–H groups in total. The zero-order chi connectivity index (χ0) is 15.9. The van der Waals surface area contributed by atoms with E-state index in [4.69, 9.17) is 9.15 Å². The number of nitrogens with one attached hydrogen (secondary N) is 2. The number of ether oxygens (including phenoxy) is 1. The summed E-state index contributed by atoms with van der Waals surface area (Å²) >= 11 is 0. The zero-order valence-corrected chi connectivity index (χ0v) is 13.3. The van der Waals surface area contributed by atoms with Gasteiger partial charge in [0.25, 0.3) is 0 Å². The fourth-order valence-electron chi connectivity index (χ4n) is 2.90. The number of hydrogen-bond donors (Lipinski definition) is 3. The lowest BCUT2D eigenvalue weighted by Gasteiger charge is -2.26. The van der Waals surface area contributed by atoms with Gasteiger partial charge in [0.2, 0.25) is 0 Å². The van der Waals surface area contributed by atoms with Crippen molar-refractivity contribution in [3.63, 3.8) is 0 Å². The van der Waals surface area contributed by atoms with Crippen molar-refractivity contribution in [1.29, 1.82) is 0 Å². The van der Waals surface area contributed by atoms with E-state index in [1.54, 1.807) is 7.11 Å². The van der Waals surface area contributed by atoms with Gasteiger partial charge in [0.15, 0.2) is 0 Å². The minimum atomic E-state index is -0.310. The van der Waals surface area contributed by atoms with Crippen LogP contribution >= 0.6 is 0 Å². The Morgan fingerprint density at radius 3 is 2.95 bits per heavy atom. The maximum absolute atomic E-state index is 12.1. The Bertz CT molecular complexity index is 474. The summed E-state index contributed by atoms with van der Waals surface area (Å²) in [5.74, 6) is 1.83. The minimum absolute atomic E-state index is 0.226. The Balaban J connectivity index is 1.80. The number of methoxy groups -OCH3 is 1. The maximum atomic E-state index is 12.1. The van der Waals surface area contributed by atoms with Crippen molar-refractivity contribution in [3.05, 3.63) is 23.7 Å². The smallest absolute Gasteiger partial charge is 0.315 e. The van der Waals surface area contributed by atoms with Crippen molar-refractivity contribution in [2.75, 3.05) is 20.3 Å². The van der Waals surface area contributed by atoms with Crippen LogP contribution in [-0.4, -0.2) is 37.5 Å². The molecule has 0 radical (unpaired) electrons. The van der Waals surface area contributed by atoms with Crippen LogP contribution in [0.5, 0.6) is 0 Å². The Morgan fingerprint density at radius 2 is 2.32 bits per heavy atom. The van der Waals surface area contributed by atoms with Gasteiger partial charge in [-0.1, -0.05) is 6.42 Å². The molecule has 1 aliphatic rings. The molecule has 0 saturated heterocycles. The molecule has 6 heteroatoms. The lowest BCUT2D eigenvalue weighted by atomic mass is 9.87. The molecule has 1 saturated carbocycles. The number of aliphatic hydroxyl groups excluding tert-OH is 1. The summed E-state index contributed by atoms with van der Waals surface area (Å²) in [4.78, 5) is 12.1. The zero-order valence-electron chi connectivity index (χ0n) is 13.3. The largest absolute Gasteiger partial charge is 0.464 e. The molecular formula is C16H26N2O4. The average molecular weight is 310 g/mol. The average Bonchev–Trinajstić information content (AvgIpc) is 2.91. The van der Waals surface area contributed by atoms with Crippen LogP contribution in [0.25, 0.3) is 0 Å². The van der Waals surface area contributed by atoms with Crippen LogP contribution in [0, 0.1) is 12.8 Å². The first kappa shape index (κ1) is 16.8. The van der Waals surface area contributed by atoms with Gasteiger partial charge in [-0.25, -0.2) is 4.79 Å². The first-order valence-electron chi connectivity index (χ1n) is 7.86. The highest BCUT2D eigenvalue weighted by Gasteiger charge is 2.22. The van der Waals surface area contributed by atoms with Gasteiger partial charge in [-0.15, -0.1) is 0 Å². The Hall–Kier alpha value is -1.53. The molecular weight excluding hydrogens is 284 g/mol. The quantitative estimate of drug-likeness (QED) is 0.751. The SMILES string of the molecule is COCC(NC(=O)NCC1CCCC(O)C1)c1ccc(C)o1. The van der Waals surface area contributed by atoms with Gasteiger partial charge in [0.1, 0.15) is 17.6 Å². The van der Waals surface area contributed by atoms with E-state index in [-0.39, 0.29) is 18.2 Å². The second kappa shape index (κ2) is 8.19. The van der Waals surface area contributed by atoms with E-state index in [0.29, 0.717) is 24.8 Å². The molecule has 124 valence electrons. The normalized spacial score (nSPS) is 23.0. The van der Waals surface area contributed by atoms with E-state index in [1.165, 1.54) is 0 Å². The molecule has 2 amide bonds. The van der Waals surface area contributed by atoms with Gasteiger partial charge in [-0.2, -0.15) is 0 Å². The lowest BCUT2D eigenvalue weighted by Crippen LogP contribution is -2.42. The number of rotatable bonds is 6. The molecule has 22 heavy (non-hydrogen) atoms. The number of amides is 2. The monoisotopic (exact) mass is 310 g/mol. The molecule has 1 heterocycles. The molecule has 0 aliphatic heterocycles. The summed E-state index contributed by atoms with van der Waals surface area (Å²) in [5, 5.41) is 15.4. The summed E-state index contributed by atoms with van der Waals surface area (Å²) in [6, 6.07) is 3.16. The third-order valence-corrected chi connectivity index (χ3v) is 4.05. The standard InChI is InChI=1S/C16H26N2O4/c1-11-6-7-15(22-11)14(10-21-2)18-16(20)17-9-12-4-3-5-13(19)8-12/h6-7,12-14,19H,3-5,8-10H2,1-2H3,(H2,17,18,20). The van der Waals surface area contributed by atoms with Crippen LogP contribution in [0.2, 0.25) is 0 Å². The molecule has 3 unspecified atom stereocenters. The van der Waals surface area contributed by atoms with Gasteiger partial charge in [-0.3, -0.25) is 0 Å². The summed E-state index contributed by atoms with van der Waals surface area (Å²) in [6.45, 7) is 2.80. The third-order valence-electron chi connectivity index (χ3n) is 4.05. The Labute approximate surface area is 131 Å². The van der Waals surface area contributed by atoms with Crippen molar-refractivity contribution in [2.45, 2.75) is 44.8 Å². The highest BCUT2D eigenvalue weighted by Crippen LogP contribution is 2.23. The van der Waals surface area contributed by atoms with Crippen LogP contribution in [-0.2, 0) is 4.74 Å². The molecule has 1 aromatic rings. The van der Waals surface area contributed by atoms with Crippen LogP contribution in [0.3, 0.4) is 0 Å². The van der Waals surface area contributed by atoms with Gasteiger partial charge >= 0.3 is 6.03 Å². The van der Waals surface area contributed by atoms with Gasteiger partial charge in [-0.05, 0) is 44.2 Å². The molecule has 1 aliphatic carbocycles. The van der Waals surface area contributed by atoms with Crippen LogP contribution in [0.1, 0.15) is 43.2 Å². The van der Waals surface area contributed by atoms with E-state index < -0.39 is 0 Å². The fourth-order valence-corrected chi connectivity index (χ4v) is 2.90.